The van der Waals surface area contributed by atoms with Gasteiger partial charge in [-0.2, -0.15) is 0 Å². The van der Waals surface area contributed by atoms with Gasteiger partial charge >= 0.3 is 5.97 Å². The molecule has 0 saturated heterocycles. The summed E-state index contributed by atoms with van der Waals surface area (Å²) in [6.07, 6.45) is 0. The van der Waals surface area contributed by atoms with E-state index in [2.05, 4.69) is 15.3 Å². The van der Waals surface area contributed by atoms with E-state index in [1.165, 1.54) is 30.2 Å². The lowest BCUT2D eigenvalue weighted by Gasteiger charge is -1.99. The summed E-state index contributed by atoms with van der Waals surface area (Å²) in [6.45, 7) is 0. The molecular formula is C18H13N3O3S3. The van der Waals surface area contributed by atoms with E-state index in [1.54, 1.807) is 29.5 Å². The third-order valence-corrected chi connectivity index (χ3v) is 6.77. The SMILES string of the molecule is COC(=O)c1ccc2nc(NC(=O)CSc3nc4ccccc4s3)sc2c1. The number of benzene rings is 2. The third kappa shape index (κ3) is 3.95. The van der Waals surface area contributed by atoms with Crippen molar-refractivity contribution in [2.24, 2.45) is 0 Å². The molecule has 6 nitrogen and oxygen atoms in total. The van der Waals surface area contributed by atoms with Gasteiger partial charge in [-0.1, -0.05) is 35.2 Å². The highest BCUT2D eigenvalue weighted by Gasteiger charge is 2.12. The second-order valence-electron chi connectivity index (χ2n) is 5.48. The van der Waals surface area contributed by atoms with Crippen LogP contribution in [0.1, 0.15) is 10.4 Å². The topological polar surface area (TPSA) is 81.2 Å². The summed E-state index contributed by atoms with van der Waals surface area (Å²) in [4.78, 5) is 32.7. The number of rotatable bonds is 5. The average molecular weight is 416 g/mol. The molecule has 0 atom stereocenters. The first-order valence-electron chi connectivity index (χ1n) is 7.89. The number of methoxy groups -OCH3 is 1. The fourth-order valence-electron chi connectivity index (χ4n) is 2.42. The molecule has 0 unspecified atom stereocenters. The largest absolute Gasteiger partial charge is 0.465 e. The van der Waals surface area contributed by atoms with Crippen LogP contribution < -0.4 is 5.32 Å². The van der Waals surface area contributed by atoms with Gasteiger partial charge in [-0.15, -0.1) is 11.3 Å². The lowest BCUT2D eigenvalue weighted by molar-refractivity contribution is -0.113. The molecule has 4 aromatic rings. The lowest BCUT2D eigenvalue weighted by Crippen LogP contribution is -2.13. The van der Waals surface area contributed by atoms with Gasteiger partial charge in [0.05, 0.1) is 38.9 Å². The van der Waals surface area contributed by atoms with Crippen molar-refractivity contribution in [2.45, 2.75) is 4.34 Å². The molecule has 0 bridgehead atoms. The van der Waals surface area contributed by atoms with Crippen LogP contribution in [0.15, 0.2) is 46.8 Å². The molecule has 0 aliphatic carbocycles. The van der Waals surface area contributed by atoms with Gasteiger partial charge in [-0.3, -0.25) is 4.79 Å². The monoisotopic (exact) mass is 415 g/mol. The number of esters is 1. The minimum absolute atomic E-state index is 0.147. The van der Waals surface area contributed by atoms with E-state index in [0.717, 1.165) is 24.8 Å². The highest BCUT2D eigenvalue weighted by molar-refractivity contribution is 8.01. The van der Waals surface area contributed by atoms with Crippen molar-refractivity contribution in [3.05, 3.63) is 48.0 Å². The summed E-state index contributed by atoms with van der Waals surface area (Å²) in [5, 5.41) is 3.31. The molecule has 0 aliphatic rings. The number of aromatic nitrogens is 2. The van der Waals surface area contributed by atoms with Gasteiger partial charge in [-0.05, 0) is 30.3 Å². The standard InChI is InChI=1S/C18H13N3O3S3/c1-24-16(23)10-6-7-12-14(8-10)26-17(19-12)21-15(22)9-25-18-20-11-4-2-3-5-13(11)27-18/h2-8H,9H2,1H3,(H,19,21,22). The average Bonchev–Trinajstić information content (AvgIpc) is 3.27. The van der Waals surface area contributed by atoms with E-state index in [0.29, 0.717) is 10.7 Å². The normalized spacial score (nSPS) is 11.0. The van der Waals surface area contributed by atoms with Crippen molar-refractivity contribution in [2.75, 3.05) is 18.2 Å². The van der Waals surface area contributed by atoms with Gasteiger partial charge < -0.3 is 10.1 Å². The Kier molecular flexibility index (Phi) is 5.06. The molecule has 2 aromatic carbocycles. The number of carbonyl (C=O) groups excluding carboxylic acids is 2. The highest BCUT2D eigenvalue weighted by atomic mass is 32.2. The first-order valence-corrected chi connectivity index (χ1v) is 10.5. The smallest absolute Gasteiger partial charge is 0.337 e. The van der Waals surface area contributed by atoms with Gasteiger partial charge in [0.2, 0.25) is 5.91 Å². The molecule has 0 fully saturated rings. The Labute approximate surface area is 166 Å². The van der Waals surface area contributed by atoms with E-state index in [-0.39, 0.29) is 11.7 Å². The van der Waals surface area contributed by atoms with E-state index in [4.69, 9.17) is 4.74 Å². The first-order chi connectivity index (χ1) is 13.1. The molecule has 0 aliphatic heterocycles. The lowest BCUT2D eigenvalue weighted by atomic mass is 10.2. The van der Waals surface area contributed by atoms with Crippen LogP contribution in [0.3, 0.4) is 0 Å². The number of anilines is 1. The van der Waals surface area contributed by atoms with Crippen molar-refractivity contribution in [1.29, 1.82) is 0 Å². The van der Waals surface area contributed by atoms with Crippen LogP contribution in [0, 0.1) is 0 Å². The van der Waals surface area contributed by atoms with Gasteiger partial charge in [0, 0.05) is 0 Å². The highest BCUT2D eigenvalue weighted by Crippen LogP contribution is 2.30. The number of hydrogen-bond donors (Lipinski definition) is 1. The van der Waals surface area contributed by atoms with Crippen molar-refractivity contribution >= 4 is 71.9 Å². The maximum Gasteiger partial charge on any atom is 0.337 e. The van der Waals surface area contributed by atoms with Crippen LogP contribution in [0.5, 0.6) is 0 Å². The Morgan fingerprint density at radius 1 is 1.07 bits per heavy atom. The van der Waals surface area contributed by atoms with Crippen LogP contribution >= 0.6 is 34.4 Å². The number of hydrogen-bond acceptors (Lipinski definition) is 8. The first kappa shape index (κ1) is 17.9. The molecule has 0 saturated carbocycles. The number of thioether (sulfide) groups is 1. The van der Waals surface area contributed by atoms with Crippen LogP contribution in [-0.4, -0.2) is 34.7 Å². The molecule has 27 heavy (non-hydrogen) atoms. The Hall–Kier alpha value is -2.49. The zero-order valence-corrected chi connectivity index (χ0v) is 16.5. The molecule has 4 rings (SSSR count). The number of para-hydroxylation sites is 1. The Morgan fingerprint density at radius 2 is 1.89 bits per heavy atom. The number of thiazole rings is 2. The van der Waals surface area contributed by atoms with Crippen LogP contribution in [0.4, 0.5) is 5.13 Å². The predicted octanol–water partition coefficient (Wildman–Crippen LogP) is 4.42. The predicted molar refractivity (Wildman–Crippen MR) is 110 cm³/mol. The number of nitrogens with one attached hydrogen (secondary N) is 1. The van der Waals surface area contributed by atoms with Crippen molar-refractivity contribution in [3.8, 4) is 0 Å². The molecule has 2 aromatic heterocycles. The van der Waals surface area contributed by atoms with E-state index in [9.17, 15) is 9.59 Å². The zero-order valence-electron chi connectivity index (χ0n) is 14.1. The molecular weight excluding hydrogens is 402 g/mol. The summed E-state index contributed by atoms with van der Waals surface area (Å²) < 4.78 is 7.50. The van der Waals surface area contributed by atoms with E-state index < -0.39 is 5.97 Å². The quantitative estimate of drug-likeness (QED) is 0.384. The third-order valence-electron chi connectivity index (χ3n) is 3.66. The van der Waals surface area contributed by atoms with Crippen LogP contribution in [0.2, 0.25) is 0 Å². The Morgan fingerprint density at radius 3 is 2.70 bits per heavy atom. The number of ether oxygens (including phenoxy) is 1. The molecule has 2 heterocycles. The second kappa shape index (κ2) is 7.63. The Balaban J connectivity index is 1.42. The zero-order chi connectivity index (χ0) is 18.8. The fraction of sp³-hybridized carbons (Fsp3) is 0.111. The minimum Gasteiger partial charge on any atom is -0.465 e. The fourth-order valence-corrected chi connectivity index (χ4v) is 5.21. The summed E-state index contributed by atoms with van der Waals surface area (Å²) in [6, 6.07) is 13.0. The van der Waals surface area contributed by atoms with Gasteiger partial charge in [0.15, 0.2) is 9.47 Å². The summed E-state index contributed by atoms with van der Waals surface area (Å²) >= 11 is 4.29. The number of fused-ring (bicyclic) bond motifs is 2. The Bertz CT molecular complexity index is 1120. The van der Waals surface area contributed by atoms with Crippen molar-refractivity contribution in [3.63, 3.8) is 0 Å². The van der Waals surface area contributed by atoms with Crippen molar-refractivity contribution in [1.82, 2.24) is 9.97 Å². The van der Waals surface area contributed by atoms with Crippen molar-refractivity contribution < 1.29 is 14.3 Å². The van der Waals surface area contributed by atoms with Crippen LogP contribution in [-0.2, 0) is 9.53 Å². The molecule has 0 radical (unpaired) electrons. The maximum atomic E-state index is 12.2. The van der Waals surface area contributed by atoms with E-state index in [1.807, 2.05) is 24.3 Å². The molecule has 9 heteroatoms. The van der Waals surface area contributed by atoms with Gasteiger partial charge in [0.25, 0.3) is 0 Å². The number of amides is 1. The summed E-state index contributed by atoms with van der Waals surface area (Å²) in [5.74, 6) is -0.294. The minimum atomic E-state index is -0.400. The maximum absolute atomic E-state index is 12.2. The number of nitrogens with zero attached hydrogens (tertiary/aromatic N) is 2. The molecule has 1 amide bonds. The van der Waals surface area contributed by atoms with Gasteiger partial charge in [-0.25, -0.2) is 14.8 Å². The second-order valence-corrected chi connectivity index (χ2v) is 8.76. The molecule has 1 N–H and O–H groups in total. The summed E-state index contributed by atoms with van der Waals surface area (Å²) in [7, 11) is 1.34. The van der Waals surface area contributed by atoms with Gasteiger partial charge in [0.1, 0.15) is 0 Å². The summed E-state index contributed by atoms with van der Waals surface area (Å²) in [5.41, 5.74) is 2.12. The van der Waals surface area contributed by atoms with E-state index >= 15 is 0 Å². The van der Waals surface area contributed by atoms with Crippen LogP contribution in [0.25, 0.3) is 20.4 Å². The molecule has 136 valence electrons. The number of carbonyl (C=O) groups is 2. The molecule has 0 spiro atoms.